The lowest BCUT2D eigenvalue weighted by Gasteiger charge is -2.37. The summed E-state index contributed by atoms with van der Waals surface area (Å²) in [5.41, 5.74) is 0. The highest BCUT2D eigenvalue weighted by molar-refractivity contribution is 5.87. The van der Waals surface area contributed by atoms with Crippen molar-refractivity contribution in [2.75, 3.05) is 26.2 Å². The maximum atomic E-state index is 12.1. The third-order valence-corrected chi connectivity index (χ3v) is 5.23. The third kappa shape index (κ3) is 3.38. The van der Waals surface area contributed by atoms with E-state index in [9.17, 15) is 4.79 Å². The highest BCUT2D eigenvalue weighted by Gasteiger charge is 2.38. The Morgan fingerprint density at radius 1 is 1.21 bits per heavy atom. The van der Waals surface area contributed by atoms with E-state index < -0.39 is 0 Å². The van der Waals surface area contributed by atoms with Gasteiger partial charge in [0.1, 0.15) is 6.10 Å². The lowest BCUT2D eigenvalue weighted by atomic mass is 9.80. The Morgan fingerprint density at radius 3 is 2.74 bits per heavy atom. The standard InChI is InChI=1S/C16H27NO2/c1-12-4-2-3-5-14(12)10-17-8-9-19-15(11-17)16(18)13-6-7-13/h12-15H,2-11H2,1H3/t12-,14-,15+/m1/s1. The van der Waals surface area contributed by atoms with Crippen LogP contribution in [0.2, 0.25) is 0 Å². The van der Waals surface area contributed by atoms with E-state index in [1.54, 1.807) is 0 Å². The molecule has 0 bridgehead atoms. The van der Waals surface area contributed by atoms with Crippen LogP contribution in [0.1, 0.15) is 45.4 Å². The number of ketones is 1. The quantitative estimate of drug-likeness (QED) is 0.782. The molecule has 108 valence electrons. The predicted molar refractivity (Wildman–Crippen MR) is 75.0 cm³/mol. The highest BCUT2D eigenvalue weighted by Crippen LogP contribution is 2.33. The van der Waals surface area contributed by atoms with Crippen molar-refractivity contribution < 1.29 is 9.53 Å². The van der Waals surface area contributed by atoms with Crippen LogP contribution in [0.25, 0.3) is 0 Å². The number of morpholine rings is 1. The van der Waals surface area contributed by atoms with Crippen molar-refractivity contribution >= 4 is 5.78 Å². The van der Waals surface area contributed by atoms with Gasteiger partial charge in [0.2, 0.25) is 0 Å². The van der Waals surface area contributed by atoms with Crippen LogP contribution in [0, 0.1) is 17.8 Å². The Balaban J connectivity index is 1.51. The lowest BCUT2D eigenvalue weighted by molar-refractivity contribution is -0.138. The molecule has 3 nitrogen and oxygen atoms in total. The van der Waals surface area contributed by atoms with Gasteiger partial charge in [0.05, 0.1) is 6.61 Å². The summed E-state index contributed by atoms with van der Waals surface area (Å²) in [5, 5.41) is 0. The Hall–Kier alpha value is -0.410. The molecule has 0 amide bonds. The number of carbonyl (C=O) groups is 1. The number of hydrogen-bond donors (Lipinski definition) is 0. The molecule has 3 aliphatic rings. The van der Waals surface area contributed by atoms with Crippen LogP contribution >= 0.6 is 0 Å². The second-order valence-electron chi connectivity index (χ2n) is 6.82. The van der Waals surface area contributed by atoms with E-state index in [2.05, 4.69) is 11.8 Å². The van der Waals surface area contributed by atoms with E-state index in [1.807, 2.05) is 0 Å². The molecule has 0 unspecified atom stereocenters. The van der Waals surface area contributed by atoms with E-state index >= 15 is 0 Å². The molecule has 1 aliphatic heterocycles. The van der Waals surface area contributed by atoms with Crippen molar-refractivity contribution in [3.63, 3.8) is 0 Å². The van der Waals surface area contributed by atoms with E-state index in [0.717, 1.165) is 44.4 Å². The molecule has 1 saturated heterocycles. The van der Waals surface area contributed by atoms with Gasteiger partial charge >= 0.3 is 0 Å². The van der Waals surface area contributed by atoms with Gasteiger partial charge in [0.15, 0.2) is 5.78 Å². The normalized spacial score (nSPS) is 37.2. The molecule has 3 rings (SSSR count). The average Bonchev–Trinajstić information content (AvgIpc) is 3.25. The lowest BCUT2D eigenvalue weighted by Crippen LogP contribution is -2.48. The molecule has 0 aromatic carbocycles. The summed E-state index contributed by atoms with van der Waals surface area (Å²) in [5.74, 6) is 2.40. The number of hydrogen-bond acceptors (Lipinski definition) is 3. The Bertz CT molecular complexity index is 327. The SMILES string of the molecule is C[C@@H]1CCCC[C@@H]1CN1CCO[C@H](C(=O)C2CC2)C1. The molecule has 19 heavy (non-hydrogen) atoms. The van der Waals surface area contributed by atoms with Crippen LogP contribution in [0.4, 0.5) is 0 Å². The average molecular weight is 265 g/mol. The fourth-order valence-electron chi connectivity index (χ4n) is 3.67. The predicted octanol–water partition coefficient (Wildman–Crippen LogP) is 2.49. The molecule has 2 saturated carbocycles. The molecule has 0 N–H and O–H groups in total. The first-order valence-corrected chi connectivity index (χ1v) is 8.11. The van der Waals surface area contributed by atoms with Crippen molar-refractivity contribution in [1.82, 2.24) is 4.90 Å². The number of carbonyl (C=O) groups excluding carboxylic acids is 1. The smallest absolute Gasteiger partial charge is 0.165 e. The van der Waals surface area contributed by atoms with Crippen molar-refractivity contribution in [1.29, 1.82) is 0 Å². The first-order valence-electron chi connectivity index (χ1n) is 8.11. The summed E-state index contributed by atoms with van der Waals surface area (Å²) >= 11 is 0. The van der Waals surface area contributed by atoms with Crippen molar-refractivity contribution in [2.24, 2.45) is 17.8 Å². The van der Waals surface area contributed by atoms with Gasteiger partial charge in [-0.15, -0.1) is 0 Å². The number of rotatable bonds is 4. The Kier molecular flexibility index (Phi) is 4.23. The van der Waals surface area contributed by atoms with Crippen molar-refractivity contribution in [3.8, 4) is 0 Å². The van der Waals surface area contributed by atoms with Gasteiger partial charge < -0.3 is 4.74 Å². The summed E-state index contributed by atoms with van der Waals surface area (Å²) in [7, 11) is 0. The number of ether oxygens (including phenoxy) is 1. The minimum atomic E-state index is -0.125. The number of Topliss-reactive ketones (excluding diaryl/α,β-unsaturated/α-hetero) is 1. The van der Waals surface area contributed by atoms with Crippen LogP contribution in [0.5, 0.6) is 0 Å². The maximum Gasteiger partial charge on any atom is 0.165 e. The molecule has 3 atom stereocenters. The van der Waals surface area contributed by atoms with Crippen molar-refractivity contribution in [2.45, 2.75) is 51.6 Å². The van der Waals surface area contributed by atoms with Gasteiger partial charge in [0, 0.05) is 25.6 Å². The molecular formula is C16H27NO2. The fourth-order valence-corrected chi connectivity index (χ4v) is 3.67. The largest absolute Gasteiger partial charge is 0.368 e. The zero-order valence-corrected chi connectivity index (χ0v) is 12.1. The van der Waals surface area contributed by atoms with Crippen LogP contribution in [-0.4, -0.2) is 43.0 Å². The van der Waals surface area contributed by atoms with Crippen LogP contribution in [0.3, 0.4) is 0 Å². The molecular weight excluding hydrogens is 238 g/mol. The summed E-state index contributed by atoms with van der Waals surface area (Å²) in [6.45, 7) is 6.18. The highest BCUT2D eigenvalue weighted by atomic mass is 16.5. The van der Waals surface area contributed by atoms with Gasteiger partial charge in [-0.3, -0.25) is 9.69 Å². The Labute approximate surface area is 116 Å². The summed E-state index contributed by atoms with van der Waals surface area (Å²) < 4.78 is 5.70. The zero-order valence-electron chi connectivity index (χ0n) is 12.1. The second kappa shape index (κ2) is 5.92. The summed E-state index contributed by atoms with van der Waals surface area (Å²) in [6, 6.07) is 0. The fraction of sp³-hybridized carbons (Fsp3) is 0.938. The molecule has 3 fully saturated rings. The van der Waals surface area contributed by atoms with Gasteiger partial charge in [0.25, 0.3) is 0 Å². The molecule has 0 aromatic heterocycles. The monoisotopic (exact) mass is 265 g/mol. The molecule has 0 spiro atoms. The molecule has 1 heterocycles. The third-order valence-electron chi connectivity index (χ3n) is 5.23. The van der Waals surface area contributed by atoms with E-state index in [0.29, 0.717) is 11.7 Å². The molecule has 0 aromatic rings. The summed E-state index contributed by atoms with van der Waals surface area (Å²) in [4.78, 5) is 14.6. The molecule has 3 heteroatoms. The van der Waals surface area contributed by atoms with Gasteiger partial charge in [-0.2, -0.15) is 0 Å². The van der Waals surface area contributed by atoms with E-state index in [1.165, 1.54) is 32.2 Å². The Morgan fingerprint density at radius 2 is 2.00 bits per heavy atom. The first-order chi connectivity index (χ1) is 9.24. The minimum absolute atomic E-state index is 0.125. The van der Waals surface area contributed by atoms with Gasteiger partial charge in [-0.25, -0.2) is 0 Å². The summed E-state index contributed by atoms with van der Waals surface area (Å²) in [6.07, 6.45) is 7.63. The number of nitrogens with zero attached hydrogens (tertiary/aromatic N) is 1. The maximum absolute atomic E-state index is 12.1. The van der Waals surface area contributed by atoms with Crippen LogP contribution in [0.15, 0.2) is 0 Å². The molecule has 0 radical (unpaired) electrons. The topological polar surface area (TPSA) is 29.5 Å². The zero-order chi connectivity index (χ0) is 13.2. The van der Waals surface area contributed by atoms with Gasteiger partial charge in [-0.05, 0) is 31.1 Å². The van der Waals surface area contributed by atoms with Gasteiger partial charge in [-0.1, -0.05) is 26.2 Å². The van der Waals surface area contributed by atoms with E-state index in [-0.39, 0.29) is 6.10 Å². The molecule has 2 aliphatic carbocycles. The minimum Gasteiger partial charge on any atom is -0.368 e. The first kappa shape index (κ1) is 13.6. The van der Waals surface area contributed by atoms with Crippen LogP contribution in [-0.2, 0) is 9.53 Å². The van der Waals surface area contributed by atoms with Crippen LogP contribution < -0.4 is 0 Å². The second-order valence-corrected chi connectivity index (χ2v) is 6.82. The van der Waals surface area contributed by atoms with Crippen molar-refractivity contribution in [3.05, 3.63) is 0 Å². The van der Waals surface area contributed by atoms with E-state index in [4.69, 9.17) is 4.74 Å².